The minimum absolute atomic E-state index is 0.0684. The van der Waals surface area contributed by atoms with Crippen LogP contribution in [0.1, 0.15) is 32.8 Å². The highest BCUT2D eigenvalue weighted by Gasteiger charge is 2.11. The maximum absolute atomic E-state index is 12.8. The van der Waals surface area contributed by atoms with Crippen molar-refractivity contribution in [1.82, 2.24) is 5.32 Å². The average molecular weight is 272 g/mol. The first kappa shape index (κ1) is 14.5. The Morgan fingerprint density at radius 2 is 1.85 bits per heavy atom. The molecule has 0 aliphatic heterocycles. The van der Waals surface area contributed by atoms with Crippen LogP contribution in [-0.4, -0.2) is 11.3 Å². The molecule has 0 atom stereocenters. The topological polar surface area (TPSA) is 24.4 Å². The highest BCUT2D eigenvalue weighted by atomic mass is 19.1. The maximum atomic E-state index is 12.8. The second-order valence-corrected chi connectivity index (χ2v) is 6.01. The van der Waals surface area contributed by atoms with E-state index in [-0.39, 0.29) is 11.4 Å². The quantitative estimate of drug-likeness (QED) is 0.883. The van der Waals surface area contributed by atoms with Gasteiger partial charge in [-0.1, -0.05) is 18.2 Å². The van der Waals surface area contributed by atoms with Gasteiger partial charge in [-0.2, -0.15) is 0 Å². The van der Waals surface area contributed by atoms with Gasteiger partial charge < -0.3 is 5.32 Å². The second-order valence-electron chi connectivity index (χ2n) is 6.01. The molecule has 0 aromatic heterocycles. The van der Waals surface area contributed by atoms with Gasteiger partial charge in [0.1, 0.15) is 5.82 Å². The molecule has 1 N–H and O–H groups in total. The van der Waals surface area contributed by atoms with Gasteiger partial charge in [0.15, 0.2) is 0 Å². The van der Waals surface area contributed by atoms with E-state index < -0.39 is 0 Å². The molecule has 0 amide bonds. The van der Waals surface area contributed by atoms with Crippen molar-refractivity contribution in [2.45, 2.75) is 39.3 Å². The lowest BCUT2D eigenvalue weighted by Gasteiger charge is -2.24. The zero-order chi connectivity index (χ0) is 14.6. The number of halogens is 1. The van der Waals surface area contributed by atoms with E-state index in [1.165, 1.54) is 12.1 Å². The fraction of sp³-hybridized carbons (Fsp3) is 0.353. The SMILES string of the molecule is CC(C)(C)NC1=CCC(=NCc2ccc(F)cc2)C=C1. The van der Waals surface area contributed by atoms with Crippen molar-refractivity contribution in [2.24, 2.45) is 4.99 Å². The number of hydrogen-bond donors (Lipinski definition) is 1. The Morgan fingerprint density at radius 1 is 1.15 bits per heavy atom. The molecule has 0 saturated carbocycles. The fourth-order valence-corrected chi connectivity index (χ4v) is 1.96. The van der Waals surface area contributed by atoms with E-state index in [1.54, 1.807) is 12.1 Å². The number of aliphatic imine (C=N–C) groups is 1. The van der Waals surface area contributed by atoms with Crippen LogP contribution < -0.4 is 5.32 Å². The Morgan fingerprint density at radius 3 is 2.40 bits per heavy atom. The molecule has 0 heterocycles. The van der Waals surface area contributed by atoms with Crippen molar-refractivity contribution in [1.29, 1.82) is 0 Å². The summed E-state index contributed by atoms with van der Waals surface area (Å²) in [7, 11) is 0. The summed E-state index contributed by atoms with van der Waals surface area (Å²) >= 11 is 0. The van der Waals surface area contributed by atoms with Crippen LogP contribution in [0.2, 0.25) is 0 Å². The van der Waals surface area contributed by atoms with Gasteiger partial charge in [-0.3, -0.25) is 4.99 Å². The van der Waals surface area contributed by atoms with Crippen LogP contribution in [0.3, 0.4) is 0 Å². The number of hydrogen-bond acceptors (Lipinski definition) is 2. The molecule has 0 spiro atoms. The Bertz CT molecular complexity index is 545. The molecule has 0 radical (unpaired) electrons. The number of allylic oxidation sites excluding steroid dienone is 3. The van der Waals surface area contributed by atoms with Gasteiger partial charge in [0.25, 0.3) is 0 Å². The monoisotopic (exact) mass is 272 g/mol. The molecule has 20 heavy (non-hydrogen) atoms. The minimum atomic E-state index is -0.209. The lowest BCUT2D eigenvalue weighted by atomic mass is 10.1. The minimum Gasteiger partial charge on any atom is -0.381 e. The summed E-state index contributed by atoms with van der Waals surface area (Å²) in [5.41, 5.74) is 3.28. The number of rotatable bonds is 3. The van der Waals surface area contributed by atoms with Gasteiger partial charge >= 0.3 is 0 Å². The largest absolute Gasteiger partial charge is 0.381 e. The van der Waals surface area contributed by atoms with Gasteiger partial charge in [-0.05, 0) is 50.6 Å². The summed E-state index contributed by atoms with van der Waals surface area (Å²) in [6.07, 6.45) is 7.07. The van der Waals surface area contributed by atoms with E-state index in [4.69, 9.17) is 0 Å². The van der Waals surface area contributed by atoms with Gasteiger partial charge in [-0.15, -0.1) is 0 Å². The molecule has 1 aromatic rings. The molecule has 3 heteroatoms. The molecule has 2 rings (SSSR count). The summed E-state index contributed by atoms with van der Waals surface area (Å²) in [6, 6.07) is 6.48. The molecule has 1 aliphatic carbocycles. The van der Waals surface area contributed by atoms with E-state index in [0.29, 0.717) is 6.54 Å². The molecule has 1 aromatic carbocycles. The number of benzene rings is 1. The molecular weight excluding hydrogens is 251 g/mol. The lowest BCUT2D eigenvalue weighted by Crippen LogP contribution is -2.35. The third-order valence-electron chi connectivity index (χ3n) is 2.88. The highest BCUT2D eigenvalue weighted by Crippen LogP contribution is 2.12. The van der Waals surface area contributed by atoms with E-state index in [1.807, 2.05) is 6.08 Å². The summed E-state index contributed by atoms with van der Waals surface area (Å²) in [4.78, 5) is 4.55. The van der Waals surface area contributed by atoms with Gasteiger partial charge in [0.05, 0.1) is 6.54 Å². The molecule has 0 bridgehead atoms. The second kappa shape index (κ2) is 6.04. The van der Waals surface area contributed by atoms with E-state index in [2.05, 4.69) is 43.2 Å². The van der Waals surface area contributed by atoms with Crippen molar-refractivity contribution in [2.75, 3.05) is 0 Å². The van der Waals surface area contributed by atoms with Crippen molar-refractivity contribution < 1.29 is 4.39 Å². The molecular formula is C17H21FN2. The van der Waals surface area contributed by atoms with Crippen LogP contribution in [0, 0.1) is 5.82 Å². The van der Waals surface area contributed by atoms with Crippen LogP contribution in [-0.2, 0) is 6.54 Å². The lowest BCUT2D eigenvalue weighted by molar-refractivity contribution is 0.478. The van der Waals surface area contributed by atoms with Crippen molar-refractivity contribution in [3.63, 3.8) is 0 Å². The zero-order valence-corrected chi connectivity index (χ0v) is 12.3. The molecule has 0 saturated heterocycles. The normalized spacial score (nSPS) is 17.2. The van der Waals surface area contributed by atoms with Gasteiger partial charge in [0.2, 0.25) is 0 Å². The zero-order valence-electron chi connectivity index (χ0n) is 12.3. The summed E-state index contributed by atoms with van der Waals surface area (Å²) in [5, 5.41) is 3.44. The van der Waals surface area contributed by atoms with Crippen molar-refractivity contribution >= 4 is 5.71 Å². The predicted molar refractivity (Wildman–Crippen MR) is 82.3 cm³/mol. The van der Waals surface area contributed by atoms with E-state index >= 15 is 0 Å². The summed E-state index contributed by atoms with van der Waals surface area (Å²) in [6.45, 7) is 7.01. The first-order valence-electron chi connectivity index (χ1n) is 6.86. The van der Waals surface area contributed by atoms with Gasteiger partial charge in [0, 0.05) is 23.4 Å². The molecule has 106 valence electrons. The standard InChI is InChI=1S/C17H21FN2/c1-17(2,3)20-16-10-8-15(9-11-16)19-12-13-4-6-14(18)7-5-13/h4-8,10-11,20H,9,12H2,1-3H3. The summed E-state index contributed by atoms with van der Waals surface area (Å²) in [5.74, 6) is -0.209. The first-order valence-corrected chi connectivity index (χ1v) is 6.86. The number of nitrogens with one attached hydrogen (secondary N) is 1. The average Bonchev–Trinajstić information content (AvgIpc) is 2.38. The van der Waals surface area contributed by atoms with Gasteiger partial charge in [-0.25, -0.2) is 4.39 Å². The molecule has 1 aliphatic rings. The Labute approximate surface area is 120 Å². The Kier molecular flexibility index (Phi) is 4.38. The van der Waals surface area contributed by atoms with Crippen LogP contribution in [0.4, 0.5) is 4.39 Å². The Hall–Kier alpha value is -1.90. The maximum Gasteiger partial charge on any atom is 0.123 e. The van der Waals surface area contributed by atoms with Crippen LogP contribution >= 0.6 is 0 Å². The smallest absolute Gasteiger partial charge is 0.123 e. The summed E-state index contributed by atoms with van der Waals surface area (Å²) < 4.78 is 12.8. The Balaban J connectivity index is 1.92. The van der Waals surface area contributed by atoms with Crippen molar-refractivity contribution in [3.05, 3.63) is 59.6 Å². The van der Waals surface area contributed by atoms with Crippen LogP contribution in [0.15, 0.2) is 53.2 Å². The van der Waals surface area contributed by atoms with Crippen LogP contribution in [0.5, 0.6) is 0 Å². The molecule has 0 fully saturated rings. The van der Waals surface area contributed by atoms with Crippen LogP contribution in [0.25, 0.3) is 0 Å². The predicted octanol–water partition coefficient (Wildman–Crippen LogP) is 4.00. The van der Waals surface area contributed by atoms with E-state index in [0.717, 1.165) is 23.4 Å². The first-order chi connectivity index (χ1) is 9.42. The molecule has 2 nitrogen and oxygen atoms in total. The third-order valence-corrected chi connectivity index (χ3v) is 2.88. The fourth-order valence-electron chi connectivity index (χ4n) is 1.96. The van der Waals surface area contributed by atoms with Crippen molar-refractivity contribution in [3.8, 4) is 0 Å². The van der Waals surface area contributed by atoms with E-state index in [9.17, 15) is 4.39 Å². The molecule has 0 unspecified atom stereocenters. The third kappa shape index (κ3) is 4.65. The number of nitrogens with zero attached hydrogens (tertiary/aromatic N) is 1. The highest BCUT2D eigenvalue weighted by molar-refractivity contribution is 5.97.